The Labute approximate surface area is 156 Å². The maximum atomic E-state index is 11.7. The van der Waals surface area contributed by atoms with Gasteiger partial charge in [-0.15, -0.1) is 5.10 Å². The second kappa shape index (κ2) is 8.10. The Morgan fingerprint density at radius 2 is 2.00 bits per heavy atom. The first-order valence-electron chi connectivity index (χ1n) is 8.31. The van der Waals surface area contributed by atoms with Crippen LogP contribution >= 0.6 is 11.6 Å². The summed E-state index contributed by atoms with van der Waals surface area (Å²) in [6.07, 6.45) is 4.37. The number of hydrogen-bond donors (Lipinski definition) is 0. The van der Waals surface area contributed by atoms with E-state index in [1.54, 1.807) is 22.7 Å². The van der Waals surface area contributed by atoms with Crippen molar-refractivity contribution >= 4 is 29.4 Å². The maximum absolute atomic E-state index is 11.7. The van der Waals surface area contributed by atoms with Crippen LogP contribution in [0.1, 0.15) is 29.2 Å². The van der Waals surface area contributed by atoms with Gasteiger partial charge in [-0.2, -0.15) is 4.98 Å². The molecule has 2 heterocycles. The molecule has 0 amide bonds. The smallest absolute Gasteiger partial charge is 0.330 e. The lowest BCUT2D eigenvalue weighted by molar-refractivity contribution is -0.137. The summed E-state index contributed by atoms with van der Waals surface area (Å²) in [6.45, 7) is 4.21. The standard InChI is InChI=1S/C19H19ClN4O2/c1-13-12-14(2)24-19(21-13)22-17(23-24)4-3-11-26-18(25)10-7-15-5-8-16(20)9-6-15/h5-10,12H,3-4,11H2,1-2H3/b10-7-. The van der Waals surface area contributed by atoms with Crippen molar-refractivity contribution in [1.29, 1.82) is 0 Å². The number of rotatable bonds is 6. The summed E-state index contributed by atoms with van der Waals surface area (Å²) in [5, 5.41) is 5.09. The number of benzene rings is 1. The Kier molecular flexibility index (Phi) is 5.63. The maximum Gasteiger partial charge on any atom is 0.330 e. The number of carbonyl (C=O) groups is 1. The summed E-state index contributed by atoms with van der Waals surface area (Å²) in [6, 6.07) is 9.16. The van der Waals surface area contributed by atoms with Gasteiger partial charge in [-0.3, -0.25) is 0 Å². The molecule has 0 bridgehead atoms. The molecule has 1 aromatic carbocycles. The van der Waals surface area contributed by atoms with Crippen molar-refractivity contribution in [2.24, 2.45) is 0 Å². The molecule has 3 rings (SSSR count). The van der Waals surface area contributed by atoms with E-state index in [0.717, 1.165) is 17.0 Å². The third kappa shape index (κ3) is 4.67. The Hall–Kier alpha value is -2.73. The van der Waals surface area contributed by atoms with E-state index in [4.69, 9.17) is 16.3 Å². The molecule has 0 aliphatic carbocycles. The topological polar surface area (TPSA) is 69.4 Å². The molecule has 0 atom stereocenters. The van der Waals surface area contributed by atoms with E-state index < -0.39 is 0 Å². The quantitative estimate of drug-likeness (QED) is 0.377. The molecule has 0 spiro atoms. The van der Waals surface area contributed by atoms with Crippen molar-refractivity contribution in [2.45, 2.75) is 26.7 Å². The molecule has 7 heteroatoms. The molecule has 0 fully saturated rings. The van der Waals surface area contributed by atoms with Gasteiger partial charge in [0, 0.05) is 28.9 Å². The fraction of sp³-hybridized carbons (Fsp3) is 0.263. The fourth-order valence-corrected chi connectivity index (χ4v) is 2.63. The zero-order valence-electron chi connectivity index (χ0n) is 14.6. The molecule has 0 radical (unpaired) electrons. The van der Waals surface area contributed by atoms with Crippen molar-refractivity contribution in [2.75, 3.05) is 6.61 Å². The van der Waals surface area contributed by atoms with Crippen LogP contribution in [0.2, 0.25) is 5.02 Å². The van der Waals surface area contributed by atoms with E-state index in [1.807, 2.05) is 32.0 Å². The van der Waals surface area contributed by atoms with Crippen LogP contribution in [0.25, 0.3) is 11.9 Å². The number of halogens is 1. The van der Waals surface area contributed by atoms with Crippen molar-refractivity contribution in [3.63, 3.8) is 0 Å². The number of nitrogens with zero attached hydrogens (tertiary/aromatic N) is 4. The third-order valence-electron chi connectivity index (χ3n) is 3.73. The highest BCUT2D eigenvalue weighted by Crippen LogP contribution is 2.11. The van der Waals surface area contributed by atoms with Crippen LogP contribution in [0.5, 0.6) is 0 Å². The first kappa shape index (κ1) is 18.1. The van der Waals surface area contributed by atoms with E-state index in [0.29, 0.717) is 36.1 Å². The van der Waals surface area contributed by atoms with E-state index >= 15 is 0 Å². The first-order valence-corrected chi connectivity index (χ1v) is 8.69. The monoisotopic (exact) mass is 370 g/mol. The highest BCUT2D eigenvalue weighted by molar-refractivity contribution is 6.30. The van der Waals surface area contributed by atoms with E-state index in [9.17, 15) is 4.79 Å². The molecule has 2 aromatic heterocycles. The summed E-state index contributed by atoms with van der Waals surface area (Å²) >= 11 is 5.82. The molecule has 0 N–H and O–H groups in total. The van der Waals surface area contributed by atoms with Gasteiger partial charge in [-0.25, -0.2) is 14.3 Å². The Morgan fingerprint density at radius 1 is 1.23 bits per heavy atom. The second-order valence-corrected chi connectivity index (χ2v) is 6.37. The van der Waals surface area contributed by atoms with Crippen LogP contribution in [0.3, 0.4) is 0 Å². The average Bonchev–Trinajstić information content (AvgIpc) is 3.01. The Balaban J connectivity index is 1.47. The summed E-state index contributed by atoms with van der Waals surface area (Å²) in [4.78, 5) is 20.5. The van der Waals surface area contributed by atoms with Gasteiger partial charge in [-0.05, 0) is 50.1 Å². The highest BCUT2D eigenvalue weighted by Gasteiger charge is 2.08. The number of aromatic nitrogens is 4. The largest absolute Gasteiger partial charge is 0.463 e. The predicted molar refractivity (Wildman–Crippen MR) is 100 cm³/mol. The zero-order chi connectivity index (χ0) is 18.5. The number of carbonyl (C=O) groups excluding carboxylic acids is 1. The van der Waals surface area contributed by atoms with Gasteiger partial charge in [-0.1, -0.05) is 23.7 Å². The van der Waals surface area contributed by atoms with E-state index in [1.165, 1.54) is 6.08 Å². The number of esters is 1. The molecule has 0 aliphatic rings. The lowest BCUT2D eigenvalue weighted by atomic mass is 10.2. The molecule has 0 unspecified atom stereocenters. The highest BCUT2D eigenvalue weighted by atomic mass is 35.5. The van der Waals surface area contributed by atoms with Crippen LogP contribution in [-0.4, -0.2) is 32.2 Å². The third-order valence-corrected chi connectivity index (χ3v) is 3.99. The van der Waals surface area contributed by atoms with Crippen LogP contribution in [0.4, 0.5) is 0 Å². The number of aryl methyl sites for hydroxylation is 3. The Bertz CT molecular complexity index is 948. The van der Waals surface area contributed by atoms with Gasteiger partial charge in [0.1, 0.15) is 0 Å². The first-order chi connectivity index (χ1) is 12.5. The van der Waals surface area contributed by atoms with Gasteiger partial charge in [0.15, 0.2) is 5.82 Å². The van der Waals surface area contributed by atoms with Crippen LogP contribution in [-0.2, 0) is 16.0 Å². The predicted octanol–water partition coefficient (Wildman–Crippen LogP) is 3.58. The van der Waals surface area contributed by atoms with Crippen LogP contribution in [0.15, 0.2) is 36.4 Å². The molecule has 3 aromatic rings. The minimum Gasteiger partial charge on any atom is -0.463 e. The summed E-state index contributed by atoms with van der Waals surface area (Å²) < 4.78 is 6.92. The molecule has 134 valence electrons. The number of ether oxygens (including phenoxy) is 1. The second-order valence-electron chi connectivity index (χ2n) is 5.93. The number of fused-ring (bicyclic) bond motifs is 1. The average molecular weight is 371 g/mol. The molecule has 0 saturated heterocycles. The SMILES string of the molecule is Cc1cc(C)n2nc(CCCOC(=O)/C=C\c3ccc(Cl)cc3)nc2n1. The Morgan fingerprint density at radius 3 is 2.77 bits per heavy atom. The number of hydrogen-bond acceptors (Lipinski definition) is 5. The molecule has 0 saturated carbocycles. The molecular formula is C19H19ClN4O2. The van der Waals surface area contributed by atoms with Crippen molar-refractivity contribution in [1.82, 2.24) is 19.6 Å². The van der Waals surface area contributed by atoms with Gasteiger partial charge in [0.2, 0.25) is 0 Å². The van der Waals surface area contributed by atoms with Crippen molar-refractivity contribution < 1.29 is 9.53 Å². The van der Waals surface area contributed by atoms with Gasteiger partial charge < -0.3 is 4.74 Å². The van der Waals surface area contributed by atoms with Crippen molar-refractivity contribution in [3.05, 3.63) is 64.2 Å². The van der Waals surface area contributed by atoms with Crippen LogP contribution < -0.4 is 0 Å². The van der Waals surface area contributed by atoms with Crippen LogP contribution in [0, 0.1) is 13.8 Å². The lowest BCUT2D eigenvalue weighted by Gasteiger charge is -2.00. The summed E-state index contributed by atoms with van der Waals surface area (Å²) in [5.74, 6) is 0.912. The molecule has 26 heavy (non-hydrogen) atoms. The minimum absolute atomic E-state index is 0.310. The summed E-state index contributed by atoms with van der Waals surface area (Å²) in [5.41, 5.74) is 2.79. The normalized spacial score (nSPS) is 11.3. The molecular weight excluding hydrogens is 352 g/mol. The fourth-order valence-electron chi connectivity index (χ4n) is 2.50. The van der Waals surface area contributed by atoms with Gasteiger partial charge in [0.25, 0.3) is 5.78 Å². The molecule has 0 aliphatic heterocycles. The summed E-state index contributed by atoms with van der Waals surface area (Å²) in [7, 11) is 0. The zero-order valence-corrected chi connectivity index (χ0v) is 15.4. The van der Waals surface area contributed by atoms with Gasteiger partial charge in [0.05, 0.1) is 6.61 Å². The minimum atomic E-state index is -0.379. The van der Waals surface area contributed by atoms with E-state index in [-0.39, 0.29) is 5.97 Å². The van der Waals surface area contributed by atoms with E-state index in [2.05, 4.69) is 15.1 Å². The molecule has 6 nitrogen and oxygen atoms in total. The van der Waals surface area contributed by atoms with Gasteiger partial charge >= 0.3 is 5.97 Å². The lowest BCUT2D eigenvalue weighted by Crippen LogP contribution is -2.04. The van der Waals surface area contributed by atoms with Crippen molar-refractivity contribution in [3.8, 4) is 0 Å².